The van der Waals surface area contributed by atoms with Crippen LogP contribution >= 0.6 is 11.6 Å². The molecule has 0 bridgehead atoms. The molecule has 2 heteroatoms. The molecule has 0 atom stereocenters. The van der Waals surface area contributed by atoms with Crippen LogP contribution in [0.25, 0.3) is 6.08 Å². The van der Waals surface area contributed by atoms with Gasteiger partial charge in [-0.2, -0.15) is 0 Å². The number of hydrogen-bond acceptors (Lipinski definition) is 1. The van der Waals surface area contributed by atoms with Crippen molar-refractivity contribution in [3.63, 3.8) is 0 Å². The maximum atomic E-state index is 5.90. The number of halogens is 1. The Balaban J connectivity index is 2.68. The maximum Gasteiger partial charge on any atom is 0.0704 e. The molecule has 0 unspecified atom stereocenters. The van der Waals surface area contributed by atoms with Gasteiger partial charge in [-0.3, -0.25) is 0 Å². The van der Waals surface area contributed by atoms with Crippen molar-refractivity contribution in [2.45, 2.75) is 0 Å². The number of ether oxygens (including phenoxy) is 1. The van der Waals surface area contributed by atoms with E-state index in [4.69, 9.17) is 11.6 Å². The Kier molecular flexibility index (Phi) is 3.85. The highest BCUT2D eigenvalue weighted by Gasteiger charge is 1.91. The van der Waals surface area contributed by atoms with Crippen LogP contribution in [0, 0.1) is 7.11 Å². The smallest absolute Gasteiger partial charge is 0.0704 e. The molecule has 0 amide bonds. The summed E-state index contributed by atoms with van der Waals surface area (Å²) in [5.74, 6) is 0. The van der Waals surface area contributed by atoms with Crippen molar-refractivity contribution >= 4 is 17.7 Å². The third-order valence-electron chi connectivity index (χ3n) is 1.42. The lowest BCUT2D eigenvalue weighted by Crippen LogP contribution is -1.78. The minimum atomic E-state index is 0.505. The summed E-state index contributed by atoms with van der Waals surface area (Å²) in [6.07, 6.45) is 3.78. The first-order valence-electron chi connectivity index (χ1n) is 3.62. The quantitative estimate of drug-likeness (QED) is 0.696. The molecule has 0 heterocycles. The zero-order valence-electron chi connectivity index (χ0n) is 6.66. The Morgan fingerprint density at radius 1 is 1.42 bits per heavy atom. The van der Waals surface area contributed by atoms with Gasteiger partial charge >= 0.3 is 0 Å². The van der Waals surface area contributed by atoms with Crippen LogP contribution in [-0.4, -0.2) is 6.61 Å². The summed E-state index contributed by atoms with van der Waals surface area (Å²) in [6.45, 7) is 0.505. The molecule has 0 aromatic heterocycles. The SMILES string of the molecule is [CH2]OCC=Cc1ccccc1Cl. The molecule has 0 aliphatic heterocycles. The molecule has 0 aliphatic rings. The molecule has 0 saturated heterocycles. The van der Waals surface area contributed by atoms with Crippen molar-refractivity contribution < 1.29 is 4.74 Å². The second-order valence-electron chi connectivity index (χ2n) is 2.29. The minimum Gasteiger partial charge on any atom is -0.375 e. The molecule has 1 radical (unpaired) electrons. The van der Waals surface area contributed by atoms with Gasteiger partial charge in [0.05, 0.1) is 13.7 Å². The number of benzene rings is 1. The standard InChI is InChI=1S/C10H10ClO/c1-12-8-4-6-9-5-2-3-7-10(9)11/h2-7H,1,8H2. The largest absolute Gasteiger partial charge is 0.375 e. The third-order valence-corrected chi connectivity index (χ3v) is 1.76. The van der Waals surface area contributed by atoms with Crippen LogP contribution in [-0.2, 0) is 4.74 Å². The van der Waals surface area contributed by atoms with Crippen molar-refractivity contribution in [2.24, 2.45) is 0 Å². The topological polar surface area (TPSA) is 9.23 Å². The molecule has 0 saturated carbocycles. The lowest BCUT2D eigenvalue weighted by molar-refractivity contribution is 0.282. The van der Waals surface area contributed by atoms with Crippen molar-refractivity contribution in [3.8, 4) is 0 Å². The van der Waals surface area contributed by atoms with E-state index in [1.165, 1.54) is 0 Å². The lowest BCUT2D eigenvalue weighted by Gasteiger charge is -1.95. The normalized spacial score (nSPS) is 10.8. The molecule has 63 valence electrons. The molecule has 1 rings (SSSR count). The van der Waals surface area contributed by atoms with Gasteiger partial charge in [0.2, 0.25) is 0 Å². The Bertz CT molecular complexity index is 268. The van der Waals surface area contributed by atoms with Gasteiger partial charge in [-0.25, -0.2) is 0 Å². The molecular formula is C10H10ClO. The van der Waals surface area contributed by atoms with Gasteiger partial charge in [-0.15, -0.1) is 0 Å². The highest BCUT2D eigenvalue weighted by atomic mass is 35.5. The maximum absolute atomic E-state index is 5.90. The van der Waals surface area contributed by atoms with E-state index in [1.54, 1.807) is 0 Å². The van der Waals surface area contributed by atoms with Crippen molar-refractivity contribution in [2.75, 3.05) is 6.61 Å². The molecule has 0 spiro atoms. The Hall–Kier alpha value is -0.790. The van der Waals surface area contributed by atoms with E-state index in [-0.39, 0.29) is 0 Å². The van der Waals surface area contributed by atoms with Crippen LogP contribution in [0.4, 0.5) is 0 Å². The van der Waals surface area contributed by atoms with Gasteiger partial charge < -0.3 is 4.74 Å². The van der Waals surface area contributed by atoms with Crippen LogP contribution in [0.2, 0.25) is 5.02 Å². The first-order valence-corrected chi connectivity index (χ1v) is 4.00. The predicted molar refractivity (Wildman–Crippen MR) is 51.8 cm³/mol. The Morgan fingerprint density at radius 2 is 2.17 bits per heavy atom. The van der Waals surface area contributed by atoms with Gasteiger partial charge in [0, 0.05) is 5.02 Å². The fraction of sp³-hybridized carbons (Fsp3) is 0.100. The molecule has 1 nitrogen and oxygen atoms in total. The van der Waals surface area contributed by atoms with E-state index in [2.05, 4.69) is 11.8 Å². The summed E-state index contributed by atoms with van der Waals surface area (Å²) in [6, 6.07) is 7.64. The second kappa shape index (κ2) is 4.96. The van der Waals surface area contributed by atoms with E-state index < -0.39 is 0 Å². The van der Waals surface area contributed by atoms with Crippen molar-refractivity contribution in [1.82, 2.24) is 0 Å². The van der Waals surface area contributed by atoms with Crippen LogP contribution in [0.15, 0.2) is 30.3 Å². The molecule has 0 N–H and O–H groups in total. The van der Waals surface area contributed by atoms with Gasteiger partial charge in [-0.05, 0) is 11.6 Å². The summed E-state index contributed by atoms with van der Waals surface area (Å²) in [4.78, 5) is 0. The second-order valence-corrected chi connectivity index (χ2v) is 2.70. The van der Waals surface area contributed by atoms with E-state index in [0.29, 0.717) is 6.61 Å². The van der Waals surface area contributed by atoms with Gasteiger partial charge in [0.25, 0.3) is 0 Å². The Labute approximate surface area is 77.6 Å². The molecular weight excluding hydrogens is 172 g/mol. The zero-order valence-corrected chi connectivity index (χ0v) is 7.42. The van der Waals surface area contributed by atoms with Crippen molar-refractivity contribution in [3.05, 3.63) is 48.0 Å². The minimum absolute atomic E-state index is 0.505. The first-order chi connectivity index (χ1) is 5.84. The lowest BCUT2D eigenvalue weighted by atomic mass is 10.2. The fourth-order valence-corrected chi connectivity index (χ4v) is 1.05. The number of rotatable bonds is 3. The number of hydrogen-bond donors (Lipinski definition) is 0. The van der Waals surface area contributed by atoms with Gasteiger partial charge in [-0.1, -0.05) is 42.0 Å². The van der Waals surface area contributed by atoms with Crippen LogP contribution in [0.1, 0.15) is 5.56 Å². The Morgan fingerprint density at radius 3 is 2.83 bits per heavy atom. The average molecular weight is 182 g/mol. The van der Waals surface area contributed by atoms with E-state index in [1.807, 2.05) is 36.4 Å². The first kappa shape index (κ1) is 9.30. The highest BCUT2D eigenvalue weighted by Crippen LogP contribution is 2.15. The van der Waals surface area contributed by atoms with Crippen molar-refractivity contribution in [1.29, 1.82) is 0 Å². The average Bonchev–Trinajstić information content (AvgIpc) is 2.09. The van der Waals surface area contributed by atoms with Crippen LogP contribution in [0.3, 0.4) is 0 Å². The summed E-state index contributed by atoms with van der Waals surface area (Å²) < 4.78 is 4.62. The summed E-state index contributed by atoms with van der Waals surface area (Å²) >= 11 is 5.90. The van der Waals surface area contributed by atoms with Gasteiger partial charge in [0.15, 0.2) is 0 Å². The van der Waals surface area contributed by atoms with Crippen LogP contribution in [0.5, 0.6) is 0 Å². The predicted octanol–water partition coefficient (Wildman–Crippen LogP) is 3.16. The summed E-state index contributed by atoms with van der Waals surface area (Å²) in [5, 5.41) is 0.748. The molecule has 12 heavy (non-hydrogen) atoms. The molecule has 1 aromatic rings. The summed E-state index contributed by atoms with van der Waals surface area (Å²) in [5.41, 5.74) is 0.996. The molecule has 0 aliphatic carbocycles. The molecule has 0 fully saturated rings. The fourth-order valence-electron chi connectivity index (χ4n) is 0.853. The zero-order chi connectivity index (χ0) is 8.81. The van der Waals surface area contributed by atoms with Crippen LogP contribution < -0.4 is 0 Å². The van der Waals surface area contributed by atoms with Gasteiger partial charge in [0.1, 0.15) is 0 Å². The summed E-state index contributed by atoms with van der Waals surface area (Å²) in [7, 11) is 3.26. The van der Waals surface area contributed by atoms with E-state index >= 15 is 0 Å². The van der Waals surface area contributed by atoms with E-state index in [0.717, 1.165) is 10.6 Å². The molecule has 1 aromatic carbocycles. The third kappa shape index (κ3) is 2.68. The monoisotopic (exact) mass is 181 g/mol. The van der Waals surface area contributed by atoms with E-state index in [9.17, 15) is 0 Å². The highest BCUT2D eigenvalue weighted by molar-refractivity contribution is 6.32.